The lowest BCUT2D eigenvalue weighted by atomic mass is 9.90. The van der Waals surface area contributed by atoms with Crippen LogP contribution in [-0.2, 0) is 40.3 Å². The van der Waals surface area contributed by atoms with Crippen molar-refractivity contribution in [2.24, 2.45) is 17.8 Å². The monoisotopic (exact) mass is 890 g/mol. The molecule has 4 amide bonds. The van der Waals surface area contributed by atoms with E-state index in [1.54, 1.807) is 6.92 Å². The number of likely N-dealkylation sites (tertiary alicyclic amines) is 1. The summed E-state index contributed by atoms with van der Waals surface area (Å²) < 4.78 is 53.0. The Kier molecular flexibility index (Phi) is 12.1. The zero-order valence-electron chi connectivity index (χ0n) is 36.5. The van der Waals surface area contributed by atoms with Gasteiger partial charge in [-0.05, 0) is 109 Å². The Morgan fingerprint density at radius 3 is 2.49 bits per heavy atom. The zero-order valence-corrected chi connectivity index (χ0v) is 37.3. The first-order valence-electron chi connectivity index (χ1n) is 23.1. The second-order valence-corrected chi connectivity index (χ2v) is 21.5. The van der Waals surface area contributed by atoms with Crippen LogP contribution in [0.3, 0.4) is 0 Å². The van der Waals surface area contributed by atoms with E-state index < -0.39 is 68.2 Å². The van der Waals surface area contributed by atoms with Crippen LogP contribution >= 0.6 is 0 Å². The van der Waals surface area contributed by atoms with E-state index in [4.69, 9.17) is 23.9 Å². The minimum absolute atomic E-state index is 0.00871. The number of piperidine rings is 1. The molecule has 3 saturated carbocycles. The molecule has 16 nitrogen and oxygen atoms in total. The van der Waals surface area contributed by atoms with E-state index in [9.17, 15) is 22.8 Å². The van der Waals surface area contributed by atoms with Crippen molar-refractivity contribution in [2.45, 2.75) is 137 Å². The number of fused-ring (bicyclic) bond motifs is 5. The van der Waals surface area contributed by atoms with Gasteiger partial charge in [-0.15, -0.1) is 6.58 Å². The maximum absolute atomic E-state index is 15.1. The number of benzene rings is 1. The van der Waals surface area contributed by atoms with Crippen LogP contribution < -0.4 is 24.8 Å². The van der Waals surface area contributed by atoms with E-state index in [-0.39, 0.29) is 43.4 Å². The average Bonchev–Trinajstić information content (AvgIpc) is 4.23. The van der Waals surface area contributed by atoms with E-state index in [0.29, 0.717) is 56.7 Å². The number of nitrogens with zero attached hydrogens (tertiary/aromatic N) is 3. The van der Waals surface area contributed by atoms with Crippen molar-refractivity contribution in [1.82, 2.24) is 30.1 Å². The summed E-state index contributed by atoms with van der Waals surface area (Å²) in [5, 5.41) is 6.70. The highest BCUT2D eigenvalue weighted by molar-refractivity contribution is 7.91. The van der Waals surface area contributed by atoms with Crippen LogP contribution in [0.15, 0.2) is 36.9 Å². The molecule has 3 aliphatic carbocycles. The number of sulfonamides is 1. The number of amides is 4. The second kappa shape index (κ2) is 17.5. The standard InChI is InChI=1S/C46H62N6O10S/c1-4-30-26-46(30,43(55)50-63(57,58)45(2)18-19-45)49-40(53)36-25-32-27-52(36)42(54)38(28-16-22-59-23-17-28)48-44(56)62-37-24-29(37)10-6-5-7-12-34-39(60-31-14-20-51(3)21-15-31)33-11-8-9-13-35(33)47-41(34)61-32/h4,8-9,11,13,28-32,36-38H,1,5-7,10,12,14-27H2,2-3H3,(H,48,56)(H,49,53)(H,50,55)/t29?,30-,32-,36+,37-,38+,46-/m1/s1. The van der Waals surface area contributed by atoms with Gasteiger partial charge in [0.1, 0.15) is 41.7 Å². The maximum atomic E-state index is 15.1. The molecule has 1 unspecified atom stereocenters. The summed E-state index contributed by atoms with van der Waals surface area (Å²) in [4.78, 5) is 66.1. The number of hydrogen-bond donors (Lipinski definition) is 3. The molecular formula is C46H62N6O10S. The second-order valence-electron chi connectivity index (χ2n) is 19.3. The van der Waals surface area contributed by atoms with Gasteiger partial charge < -0.3 is 39.4 Å². The van der Waals surface area contributed by atoms with Crippen molar-refractivity contribution in [2.75, 3.05) is 39.9 Å². The number of carbonyl (C=O) groups excluding carboxylic acids is 4. The van der Waals surface area contributed by atoms with Crippen molar-refractivity contribution in [3.8, 4) is 11.6 Å². The molecule has 2 aromatic rings. The topological polar surface area (TPSA) is 195 Å². The van der Waals surface area contributed by atoms with Gasteiger partial charge in [0.25, 0.3) is 5.91 Å². The fraction of sp³-hybridized carbons (Fsp3) is 0.674. The Hall–Kier alpha value is -4.48. The summed E-state index contributed by atoms with van der Waals surface area (Å²) in [6.45, 7) is 8.09. The normalized spacial score (nSPS) is 31.7. The third-order valence-electron chi connectivity index (χ3n) is 14.8. The predicted octanol–water partition coefficient (Wildman–Crippen LogP) is 4.14. The zero-order chi connectivity index (χ0) is 44.1. The first-order valence-corrected chi connectivity index (χ1v) is 24.6. The molecule has 342 valence electrons. The fourth-order valence-electron chi connectivity index (χ4n) is 10.0. The Labute approximate surface area is 369 Å². The molecule has 2 bridgehead atoms. The highest BCUT2D eigenvalue weighted by Gasteiger charge is 2.63. The van der Waals surface area contributed by atoms with Crippen LogP contribution in [0.25, 0.3) is 10.9 Å². The van der Waals surface area contributed by atoms with Gasteiger partial charge in [-0.25, -0.2) is 18.2 Å². The number of carbonyl (C=O) groups is 4. The van der Waals surface area contributed by atoms with E-state index in [0.717, 1.165) is 74.7 Å². The summed E-state index contributed by atoms with van der Waals surface area (Å²) in [7, 11) is -1.90. The summed E-state index contributed by atoms with van der Waals surface area (Å²) in [6.07, 6.45) is 8.80. The van der Waals surface area contributed by atoms with Gasteiger partial charge in [0.05, 0.1) is 22.4 Å². The highest BCUT2D eigenvalue weighted by atomic mass is 32.2. The molecule has 1 aromatic heterocycles. The summed E-state index contributed by atoms with van der Waals surface area (Å²) in [5.74, 6) is -1.38. The van der Waals surface area contributed by atoms with Gasteiger partial charge in [0.15, 0.2) is 0 Å². The quantitative estimate of drug-likeness (QED) is 0.305. The van der Waals surface area contributed by atoms with Crippen molar-refractivity contribution in [3.63, 3.8) is 0 Å². The number of pyridine rings is 1. The lowest BCUT2D eigenvalue weighted by Crippen LogP contribution is -2.59. The average molecular weight is 891 g/mol. The predicted molar refractivity (Wildman–Crippen MR) is 232 cm³/mol. The van der Waals surface area contributed by atoms with Crippen LogP contribution in [0.2, 0.25) is 0 Å². The smallest absolute Gasteiger partial charge is 0.408 e. The molecule has 3 saturated heterocycles. The lowest BCUT2D eigenvalue weighted by molar-refractivity contribution is -0.142. The molecule has 63 heavy (non-hydrogen) atoms. The van der Waals surface area contributed by atoms with Crippen LogP contribution in [0.5, 0.6) is 11.6 Å². The molecule has 5 heterocycles. The molecule has 0 radical (unpaired) electrons. The third kappa shape index (κ3) is 9.11. The van der Waals surface area contributed by atoms with Gasteiger partial charge in [-0.1, -0.05) is 31.1 Å². The van der Waals surface area contributed by atoms with Gasteiger partial charge in [-0.2, -0.15) is 0 Å². The van der Waals surface area contributed by atoms with E-state index in [1.165, 1.54) is 11.0 Å². The Morgan fingerprint density at radius 2 is 1.76 bits per heavy atom. The van der Waals surface area contributed by atoms with Gasteiger partial charge in [0, 0.05) is 44.0 Å². The lowest BCUT2D eigenvalue weighted by Gasteiger charge is -2.34. The number of rotatable bonds is 9. The minimum Gasteiger partial charge on any atom is -0.489 e. The van der Waals surface area contributed by atoms with Crippen molar-refractivity contribution in [3.05, 3.63) is 42.5 Å². The number of alkyl carbamates (subject to hydrolysis) is 1. The molecule has 9 rings (SSSR count). The first-order chi connectivity index (χ1) is 30.3. The van der Waals surface area contributed by atoms with Gasteiger partial charge in [0.2, 0.25) is 27.7 Å². The molecule has 3 N–H and O–H groups in total. The van der Waals surface area contributed by atoms with Crippen LogP contribution in [-0.4, -0.2) is 128 Å². The summed E-state index contributed by atoms with van der Waals surface area (Å²) in [5.41, 5.74) is -0.0175. The fourth-order valence-corrected chi connectivity index (χ4v) is 11.3. The van der Waals surface area contributed by atoms with E-state index in [2.05, 4.69) is 33.9 Å². The van der Waals surface area contributed by atoms with Crippen LogP contribution in [0, 0.1) is 17.8 Å². The maximum Gasteiger partial charge on any atom is 0.408 e. The van der Waals surface area contributed by atoms with Crippen molar-refractivity contribution >= 4 is 44.7 Å². The Balaban J connectivity index is 1.07. The Morgan fingerprint density at radius 1 is 1.00 bits per heavy atom. The van der Waals surface area contributed by atoms with Gasteiger partial charge in [-0.3, -0.25) is 19.1 Å². The van der Waals surface area contributed by atoms with E-state index >= 15 is 4.79 Å². The molecular weight excluding hydrogens is 829 g/mol. The van der Waals surface area contributed by atoms with Crippen molar-refractivity contribution in [1.29, 1.82) is 0 Å². The summed E-state index contributed by atoms with van der Waals surface area (Å²) >= 11 is 0. The number of aromatic nitrogens is 1. The van der Waals surface area contributed by atoms with Crippen LogP contribution in [0.1, 0.15) is 96.0 Å². The van der Waals surface area contributed by atoms with Gasteiger partial charge >= 0.3 is 6.09 Å². The number of nitrogens with one attached hydrogen (secondary N) is 3. The minimum atomic E-state index is -4.02. The van der Waals surface area contributed by atoms with Crippen molar-refractivity contribution < 1.29 is 46.5 Å². The number of ether oxygens (including phenoxy) is 4. The SMILES string of the molecule is C=C[C@@H]1C[C@]1(NC(=O)[C@@H]1C[C@@H]2CN1C(=O)[C@H](C1CCOCC1)NC(=O)O[C@@H]1CC1CCCCCc1c(nc3ccccc3c1OC1CCN(C)CC1)O2)C(=O)NS(=O)(=O)C1(C)CC1. The molecule has 4 aliphatic heterocycles. The molecule has 7 atom stereocenters. The highest BCUT2D eigenvalue weighted by Crippen LogP contribution is 2.47. The largest absolute Gasteiger partial charge is 0.489 e. The summed E-state index contributed by atoms with van der Waals surface area (Å²) in [6, 6.07) is 5.69. The number of para-hydroxylation sites is 1. The molecule has 7 aliphatic rings. The first kappa shape index (κ1) is 43.8. The molecule has 1 aromatic carbocycles. The molecule has 6 fully saturated rings. The molecule has 17 heteroatoms. The third-order valence-corrected chi connectivity index (χ3v) is 16.9. The van der Waals surface area contributed by atoms with E-state index in [1.807, 2.05) is 24.3 Å². The molecule has 0 spiro atoms. The van der Waals surface area contributed by atoms with Crippen LogP contribution in [0.4, 0.5) is 4.79 Å². The number of hydrogen-bond acceptors (Lipinski definition) is 12. The Bertz CT molecular complexity index is 2220.